The van der Waals surface area contributed by atoms with E-state index >= 15 is 0 Å². The minimum absolute atomic E-state index is 0.125. The highest BCUT2D eigenvalue weighted by molar-refractivity contribution is 7.89. The van der Waals surface area contributed by atoms with E-state index in [-0.39, 0.29) is 12.1 Å². The number of rotatable bonds is 7. The summed E-state index contributed by atoms with van der Waals surface area (Å²) in [5.41, 5.74) is 1.01. The molecule has 1 fully saturated rings. The SMILES string of the molecule is CCNCc1cc(S(=O)(=O)NC2CCC2)cn1C(C)C. The van der Waals surface area contributed by atoms with Gasteiger partial charge in [-0.2, -0.15) is 0 Å². The third kappa shape index (κ3) is 3.42. The molecule has 0 aliphatic heterocycles. The van der Waals surface area contributed by atoms with E-state index in [1.165, 1.54) is 0 Å². The normalized spacial score (nSPS) is 16.6. The Balaban J connectivity index is 2.22. The molecule has 5 nitrogen and oxygen atoms in total. The number of hydrogen-bond donors (Lipinski definition) is 2. The summed E-state index contributed by atoms with van der Waals surface area (Å²) in [6, 6.07) is 2.15. The van der Waals surface area contributed by atoms with Crippen LogP contribution >= 0.6 is 0 Å². The summed E-state index contributed by atoms with van der Waals surface area (Å²) in [5.74, 6) is 0. The maximum atomic E-state index is 12.4. The minimum atomic E-state index is -3.38. The Morgan fingerprint density at radius 2 is 2.10 bits per heavy atom. The molecule has 6 heteroatoms. The van der Waals surface area contributed by atoms with Gasteiger partial charge in [-0.25, -0.2) is 13.1 Å². The number of hydrogen-bond acceptors (Lipinski definition) is 3. The van der Waals surface area contributed by atoms with E-state index in [4.69, 9.17) is 0 Å². The van der Waals surface area contributed by atoms with E-state index in [0.717, 1.165) is 31.5 Å². The van der Waals surface area contributed by atoms with Gasteiger partial charge in [0.1, 0.15) is 0 Å². The summed E-state index contributed by atoms with van der Waals surface area (Å²) in [7, 11) is -3.38. The van der Waals surface area contributed by atoms with Crippen molar-refractivity contribution in [3.8, 4) is 0 Å². The molecule has 0 unspecified atom stereocenters. The molecule has 0 aromatic carbocycles. The Morgan fingerprint density at radius 3 is 2.60 bits per heavy atom. The molecule has 1 heterocycles. The minimum Gasteiger partial charge on any atom is -0.346 e. The molecule has 1 aliphatic carbocycles. The molecular weight excluding hydrogens is 274 g/mol. The van der Waals surface area contributed by atoms with Crippen LogP contribution in [0.15, 0.2) is 17.2 Å². The van der Waals surface area contributed by atoms with Gasteiger partial charge in [0.2, 0.25) is 10.0 Å². The largest absolute Gasteiger partial charge is 0.346 e. The smallest absolute Gasteiger partial charge is 0.242 e. The second-order valence-corrected chi connectivity index (χ2v) is 7.41. The van der Waals surface area contributed by atoms with Crippen molar-refractivity contribution in [2.24, 2.45) is 0 Å². The Bertz CT molecular complexity index is 545. The van der Waals surface area contributed by atoms with Gasteiger partial charge >= 0.3 is 0 Å². The highest BCUT2D eigenvalue weighted by Crippen LogP contribution is 2.23. The van der Waals surface area contributed by atoms with E-state index in [9.17, 15) is 8.42 Å². The van der Waals surface area contributed by atoms with Gasteiger partial charge in [0.15, 0.2) is 0 Å². The van der Waals surface area contributed by atoms with E-state index < -0.39 is 10.0 Å². The van der Waals surface area contributed by atoms with Crippen molar-refractivity contribution < 1.29 is 8.42 Å². The van der Waals surface area contributed by atoms with Crippen LogP contribution < -0.4 is 10.0 Å². The zero-order chi connectivity index (χ0) is 14.8. The average molecular weight is 299 g/mol. The molecule has 0 bridgehead atoms. The highest BCUT2D eigenvalue weighted by Gasteiger charge is 2.26. The first-order valence-corrected chi connectivity index (χ1v) is 8.86. The summed E-state index contributed by atoms with van der Waals surface area (Å²) in [5, 5.41) is 3.25. The summed E-state index contributed by atoms with van der Waals surface area (Å²) in [6.07, 6.45) is 4.77. The van der Waals surface area contributed by atoms with Gasteiger partial charge in [0, 0.05) is 30.5 Å². The van der Waals surface area contributed by atoms with Gasteiger partial charge in [-0.3, -0.25) is 0 Å². The van der Waals surface area contributed by atoms with Crippen molar-refractivity contribution in [3.63, 3.8) is 0 Å². The van der Waals surface area contributed by atoms with E-state index in [2.05, 4.69) is 23.9 Å². The molecule has 114 valence electrons. The summed E-state index contributed by atoms with van der Waals surface area (Å²) >= 11 is 0. The van der Waals surface area contributed by atoms with Crippen LogP contribution in [0.5, 0.6) is 0 Å². The predicted octanol–water partition coefficient (Wildman–Crippen LogP) is 2.01. The van der Waals surface area contributed by atoms with E-state index in [0.29, 0.717) is 11.4 Å². The molecule has 0 atom stereocenters. The number of nitrogens with one attached hydrogen (secondary N) is 2. The van der Waals surface area contributed by atoms with Crippen LogP contribution in [0.3, 0.4) is 0 Å². The van der Waals surface area contributed by atoms with Gasteiger partial charge in [0.05, 0.1) is 4.90 Å². The number of sulfonamides is 1. The molecule has 1 saturated carbocycles. The van der Waals surface area contributed by atoms with Crippen molar-refractivity contribution in [1.29, 1.82) is 0 Å². The summed E-state index contributed by atoms with van der Waals surface area (Å²) in [6.45, 7) is 7.72. The lowest BCUT2D eigenvalue weighted by molar-refractivity contribution is 0.383. The van der Waals surface area contributed by atoms with Crippen LogP contribution in [0.2, 0.25) is 0 Å². The fourth-order valence-corrected chi connectivity index (χ4v) is 3.69. The number of aromatic nitrogens is 1. The van der Waals surface area contributed by atoms with Crippen LogP contribution in [0, 0.1) is 0 Å². The molecule has 0 amide bonds. The molecule has 0 radical (unpaired) electrons. The van der Waals surface area contributed by atoms with Crippen LogP contribution in [-0.4, -0.2) is 25.6 Å². The molecule has 0 spiro atoms. The lowest BCUT2D eigenvalue weighted by Crippen LogP contribution is -2.39. The van der Waals surface area contributed by atoms with Gasteiger partial charge in [-0.05, 0) is 39.3 Å². The first-order valence-electron chi connectivity index (χ1n) is 7.38. The highest BCUT2D eigenvalue weighted by atomic mass is 32.2. The van der Waals surface area contributed by atoms with Crippen LogP contribution in [-0.2, 0) is 16.6 Å². The molecule has 1 aromatic rings. The standard InChI is InChI=1S/C14H25N3O2S/c1-4-15-9-13-8-14(10-17(13)11(2)3)20(18,19)16-12-6-5-7-12/h8,10-12,15-16H,4-7,9H2,1-3H3. The number of nitrogens with zero attached hydrogens (tertiary/aromatic N) is 1. The molecule has 0 saturated heterocycles. The van der Waals surface area contributed by atoms with Crippen LogP contribution in [0.1, 0.15) is 51.8 Å². The summed E-state index contributed by atoms with van der Waals surface area (Å²) in [4.78, 5) is 0.381. The second-order valence-electron chi connectivity index (χ2n) is 5.70. The first kappa shape index (κ1) is 15.5. The van der Waals surface area contributed by atoms with Crippen molar-refractivity contribution in [3.05, 3.63) is 18.0 Å². The van der Waals surface area contributed by atoms with Gasteiger partial charge in [0.25, 0.3) is 0 Å². The molecule has 2 N–H and O–H groups in total. The van der Waals surface area contributed by atoms with E-state index in [1.54, 1.807) is 12.3 Å². The maximum absolute atomic E-state index is 12.4. The molecule has 1 aliphatic rings. The van der Waals surface area contributed by atoms with Gasteiger partial charge in [-0.1, -0.05) is 13.3 Å². The van der Waals surface area contributed by atoms with E-state index in [1.807, 2.05) is 11.5 Å². The third-order valence-corrected chi connectivity index (χ3v) is 5.24. The average Bonchev–Trinajstić information content (AvgIpc) is 2.76. The predicted molar refractivity (Wildman–Crippen MR) is 80.2 cm³/mol. The van der Waals surface area contributed by atoms with Crippen molar-refractivity contribution in [1.82, 2.24) is 14.6 Å². The molecule has 1 aromatic heterocycles. The Labute approximate surface area is 121 Å². The fraction of sp³-hybridized carbons (Fsp3) is 0.714. The Morgan fingerprint density at radius 1 is 1.40 bits per heavy atom. The lowest BCUT2D eigenvalue weighted by Gasteiger charge is -2.25. The first-order chi connectivity index (χ1) is 9.44. The zero-order valence-corrected chi connectivity index (χ0v) is 13.3. The molecule has 20 heavy (non-hydrogen) atoms. The zero-order valence-electron chi connectivity index (χ0n) is 12.5. The molecule has 2 rings (SSSR count). The third-order valence-electron chi connectivity index (χ3n) is 3.76. The monoisotopic (exact) mass is 299 g/mol. The van der Waals surface area contributed by atoms with Crippen LogP contribution in [0.4, 0.5) is 0 Å². The van der Waals surface area contributed by atoms with Crippen molar-refractivity contribution in [2.75, 3.05) is 6.54 Å². The molecular formula is C14H25N3O2S. The van der Waals surface area contributed by atoms with Crippen molar-refractivity contribution >= 4 is 10.0 Å². The fourth-order valence-electron chi connectivity index (χ4n) is 2.33. The van der Waals surface area contributed by atoms with Gasteiger partial charge in [-0.15, -0.1) is 0 Å². The topological polar surface area (TPSA) is 63.1 Å². The Hall–Kier alpha value is -0.850. The quantitative estimate of drug-likeness (QED) is 0.809. The van der Waals surface area contributed by atoms with Gasteiger partial charge < -0.3 is 9.88 Å². The van der Waals surface area contributed by atoms with Crippen LogP contribution in [0.25, 0.3) is 0 Å². The lowest BCUT2D eigenvalue weighted by atomic mass is 9.94. The van der Waals surface area contributed by atoms with Crippen molar-refractivity contribution in [2.45, 2.75) is 63.6 Å². The summed E-state index contributed by atoms with van der Waals surface area (Å²) < 4.78 is 29.5. The maximum Gasteiger partial charge on any atom is 0.242 e. The second kappa shape index (κ2) is 6.28. The Kier molecular flexibility index (Phi) is 4.88.